The molecule has 1 aromatic carbocycles. The summed E-state index contributed by atoms with van der Waals surface area (Å²) in [6, 6.07) is 8.88. The lowest BCUT2D eigenvalue weighted by Gasteiger charge is -2.30. The number of carbonyl (C=O) groups excluding carboxylic acids is 3. The fourth-order valence-electron chi connectivity index (χ4n) is 4.49. The van der Waals surface area contributed by atoms with Crippen LogP contribution in [-0.2, 0) is 14.3 Å². The lowest BCUT2D eigenvalue weighted by Crippen LogP contribution is -2.45. The highest BCUT2D eigenvalue weighted by atomic mass is 32.2. The minimum absolute atomic E-state index is 0.0388. The highest BCUT2D eigenvalue weighted by Crippen LogP contribution is 2.61. The van der Waals surface area contributed by atoms with Gasteiger partial charge in [0.25, 0.3) is 0 Å². The van der Waals surface area contributed by atoms with Crippen LogP contribution in [0.25, 0.3) is 0 Å². The predicted octanol–water partition coefficient (Wildman–Crippen LogP) is 2.35. The van der Waals surface area contributed by atoms with Crippen molar-refractivity contribution in [2.24, 2.45) is 5.41 Å². The van der Waals surface area contributed by atoms with Crippen molar-refractivity contribution in [3.63, 3.8) is 0 Å². The maximum absolute atomic E-state index is 13.1. The number of fused-ring (bicyclic) bond motifs is 1. The SMILES string of the molecule is CCOC(=O)C1(C#N)C2SC(CCNc3ccc(NC(=O)NCCCN(C)C)cc3)C(=O)N(CC)C21. The topological polar surface area (TPSA) is 127 Å². The first kappa shape index (κ1) is 27.6. The molecule has 1 saturated heterocycles. The Labute approximate surface area is 217 Å². The second-order valence-electron chi connectivity index (χ2n) is 9.15. The number of benzene rings is 1. The van der Waals surface area contributed by atoms with Crippen LogP contribution in [0, 0.1) is 16.7 Å². The number of thioether (sulfide) groups is 1. The molecule has 3 amide bonds. The van der Waals surface area contributed by atoms with Gasteiger partial charge in [-0.3, -0.25) is 9.59 Å². The van der Waals surface area contributed by atoms with Crippen molar-refractivity contribution in [2.75, 3.05) is 57.5 Å². The van der Waals surface area contributed by atoms with Crippen LogP contribution in [0.4, 0.5) is 16.2 Å². The molecule has 1 saturated carbocycles. The van der Waals surface area contributed by atoms with E-state index in [1.165, 1.54) is 11.8 Å². The van der Waals surface area contributed by atoms with Crippen molar-refractivity contribution < 1.29 is 19.1 Å². The Morgan fingerprint density at radius 2 is 1.89 bits per heavy atom. The summed E-state index contributed by atoms with van der Waals surface area (Å²) in [5.74, 6) is -0.570. The monoisotopic (exact) mass is 516 g/mol. The number of rotatable bonds is 12. The number of ether oxygens (including phenoxy) is 1. The van der Waals surface area contributed by atoms with Crippen LogP contribution in [0.2, 0.25) is 0 Å². The molecule has 36 heavy (non-hydrogen) atoms. The fourth-order valence-corrected chi connectivity index (χ4v) is 6.28. The molecule has 4 atom stereocenters. The van der Waals surface area contributed by atoms with Gasteiger partial charge in [-0.1, -0.05) is 0 Å². The molecule has 1 aliphatic carbocycles. The summed E-state index contributed by atoms with van der Waals surface area (Å²) >= 11 is 1.42. The van der Waals surface area contributed by atoms with Gasteiger partial charge in [-0.2, -0.15) is 5.26 Å². The zero-order chi connectivity index (χ0) is 26.3. The van der Waals surface area contributed by atoms with Gasteiger partial charge in [0.2, 0.25) is 5.91 Å². The summed E-state index contributed by atoms with van der Waals surface area (Å²) in [7, 11) is 3.99. The number of urea groups is 1. The number of carbonyl (C=O) groups is 3. The minimum Gasteiger partial charge on any atom is -0.465 e. The molecule has 0 bridgehead atoms. The molecular weight excluding hydrogens is 480 g/mol. The highest BCUT2D eigenvalue weighted by molar-refractivity contribution is 8.01. The third-order valence-electron chi connectivity index (χ3n) is 6.38. The Hall–Kier alpha value is -2.97. The van der Waals surface area contributed by atoms with Gasteiger partial charge < -0.3 is 30.5 Å². The lowest BCUT2D eigenvalue weighted by atomic mass is 10.1. The van der Waals surface area contributed by atoms with Gasteiger partial charge >= 0.3 is 12.0 Å². The number of hydrogen-bond donors (Lipinski definition) is 3. The molecule has 0 spiro atoms. The Morgan fingerprint density at radius 3 is 2.50 bits per heavy atom. The number of nitrogens with one attached hydrogen (secondary N) is 3. The second kappa shape index (κ2) is 12.3. The summed E-state index contributed by atoms with van der Waals surface area (Å²) in [6.45, 7) is 6.30. The molecule has 196 valence electrons. The smallest absolute Gasteiger partial charge is 0.329 e. The van der Waals surface area contributed by atoms with Crippen molar-refractivity contribution in [1.82, 2.24) is 15.1 Å². The normalized spacial score (nSPS) is 24.5. The summed E-state index contributed by atoms with van der Waals surface area (Å²) in [5, 5.41) is 18.2. The molecule has 3 N–H and O–H groups in total. The van der Waals surface area contributed by atoms with E-state index in [4.69, 9.17) is 4.74 Å². The second-order valence-corrected chi connectivity index (χ2v) is 10.5. The van der Waals surface area contributed by atoms with Gasteiger partial charge in [-0.05, 0) is 71.6 Å². The van der Waals surface area contributed by atoms with Crippen molar-refractivity contribution in [2.45, 2.75) is 43.2 Å². The number of nitriles is 1. The number of esters is 1. The van der Waals surface area contributed by atoms with E-state index in [9.17, 15) is 19.6 Å². The van der Waals surface area contributed by atoms with E-state index in [0.29, 0.717) is 31.7 Å². The molecule has 1 aliphatic heterocycles. The first-order valence-electron chi connectivity index (χ1n) is 12.4. The molecule has 2 aliphatic rings. The van der Waals surface area contributed by atoms with Crippen LogP contribution in [0.1, 0.15) is 26.7 Å². The maximum atomic E-state index is 13.1. The van der Waals surface area contributed by atoms with Gasteiger partial charge in [-0.25, -0.2) is 4.79 Å². The van der Waals surface area contributed by atoms with E-state index in [1.807, 2.05) is 45.3 Å². The van der Waals surface area contributed by atoms with E-state index in [1.54, 1.807) is 11.8 Å². The molecule has 4 unspecified atom stereocenters. The highest BCUT2D eigenvalue weighted by Gasteiger charge is 2.77. The maximum Gasteiger partial charge on any atom is 0.329 e. The largest absolute Gasteiger partial charge is 0.465 e. The Bertz CT molecular complexity index is 982. The van der Waals surface area contributed by atoms with E-state index >= 15 is 0 Å². The van der Waals surface area contributed by atoms with Gasteiger partial charge in [0, 0.05) is 31.0 Å². The van der Waals surface area contributed by atoms with Crippen molar-refractivity contribution in [3.05, 3.63) is 24.3 Å². The van der Waals surface area contributed by atoms with Gasteiger partial charge in [0.15, 0.2) is 5.41 Å². The quantitative estimate of drug-likeness (QED) is 0.285. The van der Waals surface area contributed by atoms with E-state index in [2.05, 4.69) is 26.9 Å². The molecule has 2 fully saturated rings. The Kier molecular flexibility index (Phi) is 9.45. The van der Waals surface area contributed by atoms with Crippen molar-refractivity contribution in [1.29, 1.82) is 5.26 Å². The first-order valence-corrected chi connectivity index (χ1v) is 13.3. The molecular formula is C25H36N6O4S. The van der Waals surface area contributed by atoms with E-state index < -0.39 is 17.4 Å². The Morgan fingerprint density at radius 1 is 1.19 bits per heavy atom. The molecule has 1 aromatic rings. The average Bonchev–Trinajstić information content (AvgIpc) is 3.51. The van der Waals surface area contributed by atoms with E-state index in [-0.39, 0.29) is 29.0 Å². The van der Waals surface area contributed by atoms with Gasteiger partial charge in [0.05, 0.1) is 29.2 Å². The summed E-state index contributed by atoms with van der Waals surface area (Å²) < 4.78 is 5.16. The molecule has 10 nitrogen and oxygen atoms in total. The third-order valence-corrected chi connectivity index (χ3v) is 8.07. The molecule has 3 rings (SSSR count). The number of hydrogen-bond acceptors (Lipinski definition) is 8. The molecule has 0 aromatic heterocycles. The average molecular weight is 517 g/mol. The van der Waals surface area contributed by atoms with Crippen LogP contribution >= 0.6 is 11.8 Å². The van der Waals surface area contributed by atoms with Crippen LogP contribution in [0.5, 0.6) is 0 Å². The Balaban J connectivity index is 1.48. The lowest BCUT2D eigenvalue weighted by molar-refractivity contribution is -0.148. The standard InChI is InChI=1S/C25H36N6O4S/c1-5-31-20-21(25(20,16-26)23(33)35-6-2)36-19(22(31)32)12-14-27-17-8-10-18(11-9-17)29-24(34)28-13-7-15-30(3)4/h8-11,19-21,27H,5-7,12-15H2,1-4H3,(H2,28,29,34). The number of nitrogens with zero attached hydrogens (tertiary/aromatic N) is 3. The zero-order valence-corrected chi connectivity index (χ0v) is 22.2. The van der Waals surface area contributed by atoms with Gasteiger partial charge in [-0.15, -0.1) is 11.8 Å². The van der Waals surface area contributed by atoms with Crippen LogP contribution in [0.15, 0.2) is 24.3 Å². The number of amides is 3. The molecule has 11 heteroatoms. The minimum atomic E-state index is -1.27. The molecule has 1 heterocycles. The predicted molar refractivity (Wildman–Crippen MR) is 141 cm³/mol. The molecule has 0 radical (unpaired) electrons. The van der Waals surface area contributed by atoms with Crippen LogP contribution in [0.3, 0.4) is 0 Å². The summed E-state index contributed by atoms with van der Waals surface area (Å²) in [5.41, 5.74) is 0.291. The van der Waals surface area contributed by atoms with Gasteiger partial charge in [0.1, 0.15) is 0 Å². The van der Waals surface area contributed by atoms with Crippen LogP contribution in [-0.4, -0.2) is 91.1 Å². The number of anilines is 2. The first-order chi connectivity index (χ1) is 17.3. The van der Waals surface area contributed by atoms with Crippen molar-refractivity contribution in [3.8, 4) is 6.07 Å². The summed E-state index contributed by atoms with van der Waals surface area (Å²) in [4.78, 5) is 41.3. The van der Waals surface area contributed by atoms with Crippen molar-refractivity contribution >= 4 is 41.0 Å². The third kappa shape index (κ3) is 6.05. The van der Waals surface area contributed by atoms with Crippen LogP contribution < -0.4 is 16.0 Å². The zero-order valence-electron chi connectivity index (χ0n) is 21.4. The summed E-state index contributed by atoms with van der Waals surface area (Å²) in [6.07, 6.45) is 1.44. The fraction of sp³-hybridized carbons (Fsp3) is 0.600. The van der Waals surface area contributed by atoms with E-state index in [0.717, 1.165) is 18.7 Å².